The molecule has 2 aromatic heterocycles. The third kappa shape index (κ3) is 3.74. The Hall–Kier alpha value is -1.98. The lowest BCUT2D eigenvalue weighted by Gasteiger charge is -2.23. The molecule has 0 unspecified atom stereocenters. The average molecular weight is 368 g/mol. The first kappa shape index (κ1) is 17.4. The number of piperidine rings is 1. The molecule has 1 aliphatic rings. The van der Waals surface area contributed by atoms with E-state index in [2.05, 4.69) is 51.9 Å². The predicted octanol–water partition coefficient (Wildman–Crippen LogP) is 4.83. The lowest BCUT2D eigenvalue weighted by Crippen LogP contribution is -2.34. The molecule has 26 heavy (non-hydrogen) atoms. The van der Waals surface area contributed by atoms with Crippen molar-refractivity contribution in [1.82, 2.24) is 15.3 Å². The number of nitrogens with one attached hydrogen (secondary N) is 1. The molecule has 0 aliphatic carbocycles. The molecule has 1 aliphatic heterocycles. The fourth-order valence-corrected chi connectivity index (χ4v) is 4.38. The molecule has 1 fully saturated rings. The molecule has 5 heteroatoms. The number of ether oxygens (including phenoxy) is 1. The topological polar surface area (TPSA) is 47.0 Å². The summed E-state index contributed by atoms with van der Waals surface area (Å²) in [6, 6.07) is 8.90. The van der Waals surface area contributed by atoms with Gasteiger partial charge in [-0.3, -0.25) is 0 Å². The summed E-state index contributed by atoms with van der Waals surface area (Å²) in [4.78, 5) is 8.96. The molecule has 0 atom stereocenters. The van der Waals surface area contributed by atoms with Crippen molar-refractivity contribution >= 4 is 21.6 Å². The summed E-state index contributed by atoms with van der Waals surface area (Å²) >= 11 is 1.68. The Morgan fingerprint density at radius 1 is 1.15 bits per heavy atom. The van der Waals surface area contributed by atoms with E-state index in [0.29, 0.717) is 0 Å². The second-order valence-corrected chi connectivity index (χ2v) is 7.75. The molecule has 1 aromatic carbocycles. The highest BCUT2D eigenvalue weighted by atomic mass is 32.1. The number of fused-ring (bicyclic) bond motifs is 1. The van der Waals surface area contributed by atoms with Gasteiger partial charge in [0.2, 0.25) is 5.88 Å². The van der Waals surface area contributed by atoms with Crippen LogP contribution in [0.5, 0.6) is 5.88 Å². The molecule has 0 amide bonds. The van der Waals surface area contributed by atoms with Crippen LogP contribution in [-0.2, 0) is 6.42 Å². The second kappa shape index (κ2) is 8.14. The highest BCUT2D eigenvalue weighted by molar-refractivity contribution is 7.18. The molecule has 0 bridgehead atoms. The molecule has 0 saturated carbocycles. The third-order valence-electron chi connectivity index (χ3n) is 4.97. The van der Waals surface area contributed by atoms with Crippen molar-refractivity contribution in [3.8, 4) is 17.0 Å². The molecule has 3 aromatic rings. The monoisotopic (exact) mass is 367 g/mol. The number of hydrogen-bond donors (Lipinski definition) is 1. The largest absolute Gasteiger partial charge is 0.473 e. The van der Waals surface area contributed by atoms with Crippen molar-refractivity contribution in [2.75, 3.05) is 13.1 Å². The third-order valence-corrected chi connectivity index (χ3v) is 5.93. The molecule has 1 N–H and O–H groups in total. The quantitative estimate of drug-likeness (QED) is 0.678. The number of aromatic nitrogens is 2. The minimum absolute atomic E-state index is 0.248. The second-order valence-electron chi connectivity index (χ2n) is 6.87. The Kier molecular flexibility index (Phi) is 5.46. The van der Waals surface area contributed by atoms with Crippen LogP contribution in [0.1, 0.15) is 38.2 Å². The summed E-state index contributed by atoms with van der Waals surface area (Å²) in [5.41, 5.74) is 4.78. The van der Waals surface area contributed by atoms with Gasteiger partial charge in [-0.2, -0.15) is 0 Å². The van der Waals surface area contributed by atoms with Crippen molar-refractivity contribution in [1.29, 1.82) is 0 Å². The summed E-state index contributed by atoms with van der Waals surface area (Å²) < 4.78 is 7.25. The highest BCUT2D eigenvalue weighted by Gasteiger charge is 2.19. The fraction of sp³-hybridized carbons (Fsp3) is 0.429. The van der Waals surface area contributed by atoms with Gasteiger partial charge in [0, 0.05) is 10.9 Å². The predicted molar refractivity (Wildman–Crippen MR) is 108 cm³/mol. The lowest BCUT2D eigenvalue weighted by atomic mass is 10.0. The summed E-state index contributed by atoms with van der Waals surface area (Å²) in [6.45, 7) is 4.26. The van der Waals surface area contributed by atoms with Gasteiger partial charge in [0.15, 0.2) is 0 Å². The maximum atomic E-state index is 6.20. The van der Waals surface area contributed by atoms with Crippen LogP contribution >= 0.6 is 11.3 Å². The summed E-state index contributed by atoms with van der Waals surface area (Å²) in [6.07, 6.45) is 7.56. The van der Waals surface area contributed by atoms with Crippen molar-refractivity contribution in [2.24, 2.45) is 0 Å². The standard InChI is InChI=1S/C21H25N3OS/c1-2-3-4-15-5-7-16(8-6-15)18-13-26-20-19(18)23-14-24-21(20)25-17-9-11-22-12-10-17/h5-8,13-14,17,22H,2-4,9-12H2,1H3. The molecule has 1 saturated heterocycles. The fourth-order valence-electron chi connectivity index (χ4n) is 3.42. The molecule has 0 radical (unpaired) electrons. The van der Waals surface area contributed by atoms with Gasteiger partial charge in [0.25, 0.3) is 0 Å². The van der Waals surface area contributed by atoms with E-state index in [1.165, 1.54) is 29.5 Å². The Morgan fingerprint density at radius 2 is 1.96 bits per heavy atom. The van der Waals surface area contributed by atoms with E-state index in [0.717, 1.165) is 48.4 Å². The maximum absolute atomic E-state index is 6.20. The Labute approximate surface area is 158 Å². The van der Waals surface area contributed by atoms with Crippen LogP contribution in [0, 0.1) is 0 Å². The minimum Gasteiger partial charge on any atom is -0.473 e. The molecular weight excluding hydrogens is 342 g/mol. The first-order valence-corrected chi connectivity index (χ1v) is 10.4. The van der Waals surface area contributed by atoms with Gasteiger partial charge in [0.05, 0.1) is 5.52 Å². The van der Waals surface area contributed by atoms with E-state index in [1.807, 2.05) is 0 Å². The van der Waals surface area contributed by atoms with Crippen molar-refractivity contribution < 1.29 is 4.74 Å². The maximum Gasteiger partial charge on any atom is 0.235 e. The van der Waals surface area contributed by atoms with E-state index in [4.69, 9.17) is 4.74 Å². The molecule has 3 heterocycles. The number of rotatable bonds is 6. The normalized spacial score (nSPS) is 15.4. The van der Waals surface area contributed by atoms with Gasteiger partial charge < -0.3 is 10.1 Å². The number of unbranched alkanes of at least 4 members (excludes halogenated alkanes) is 1. The lowest BCUT2D eigenvalue weighted by molar-refractivity contribution is 0.158. The Bertz CT molecular complexity index is 853. The zero-order valence-electron chi connectivity index (χ0n) is 15.2. The molecule has 136 valence electrons. The number of hydrogen-bond acceptors (Lipinski definition) is 5. The molecular formula is C21H25N3OS. The minimum atomic E-state index is 0.248. The van der Waals surface area contributed by atoms with Crippen LogP contribution in [0.25, 0.3) is 21.3 Å². The van der Waals surface area contributed by atoms with Gasteiger partial charge in [-0.05, 0) is 49.9 Å². The molecule has 4 nitrogen and oxygen atoms in total. The van der Waals surface area contributed by atoms with E-state index in [1.54, 1.807) is 17.7 Å². The molecule has 0 spiro atoms. The summed E-state index contributed by atoms with van der Waals surface area (Å²) in [5.74, 6) is 0.734. The highest BCUT2D eigenvalue weighted by Crippen LogP contribution is 2.37. The summed E-state index contributed by atoms with van der Waals surface area (Å²) in [5, 5.41) is 5.55. The number of nitrogens with zero attached hydrogens (tertiary/aromatic N) is 2. The number of benzene rings is 1. The van der Waals surface area contributed by atoms with Crippen molar-refractivity contribution in [3.63, 3.8) is 0 Å². The average Bonchev–Trinajstić information content (AvgIpc) is 3.13. The van der Waals surface area contributed by atoms with E-state index in [-0.39, 0.29) is 6.10 Å². The van der Waals surface area contributed by atoms with Gasteiger partial charge in [-0.1, -0.05) is 37.6 Å². The van der Waals surface area contributed by atoms with Crippen LogP contribution in [0.4, 0.5) is 0 Å². The number of aryl methyl sites for hydroxylation is 1. The Balaban J connectivity index is 1.59. The van der Waals surface area contributed by atoms with Crippen LogP contribution in [0.15, 0.2) is 36.0 Å². The van der Waals surface area contributed by atoms with E-state index in [9.17, 15) is 0 Å². The first-order chi connectivity index (χ1) is 12.8. The van der Waals surface area contributed by atoms with E-state index < -0.39 is 0 Å². The van der Waals surface area contributed by atoms with Crippen LogP contribution < -0.4 is 10.1 Å². The van der Waals surface area contributed by atoms with Crippen molar-refractivity contribution in [3.05, 3.63) is 41.5 Å². The van der Waals surface area contributed by atoms with E-state index >= 15 is 0 Å². The Morgan fingerprint density at radius 3 is 2.73 bits per heavy atom. The SMILES string of the molecule is CCCCc1ccc(-c2csc3c(OC4CCNCC4)ncnc23)cc1. The zero-order chi connectivity index (χ0) is 17.8. The van der Waals surface area contributed by atoms with Gasteiger partial charge in [0.1, 0.15) is 17.1 Å². The van der Waals surface area contributed by atoms with Gasteiger partial charge in [-0.25, -0.2) is 9.97 Å². The van der Waals surface area contributed by atoms with Crippen molar-refractivity contribution in [2.45, 2.75) is 45.1 Å². The number of thiophene rings is 1. The zero-order valence-corrected chi connectivity index (χ0v) is 16.0. The smallest absolute Gasteiger partial charge is 0.235 e. The van der Waals surface area contributed by atoms with Gasteiger partial charge >= 0.3 is 0 Å². The van der Waals surface area contributed by atoms with Crippen LogP contribution in [0.3, 0.4) is 0 Å². The molecule has 4 rings (SSSR count). The van der Waals surface area contributed by atoms with Crippen LogP contribution in [-0.4, -0.2) is 29.2 Å². The van der Waals surface area contributed by atoms with Crippen LogP contribution in [0.2, 0.25) is 0 Å². The first-order valence-electron chi connectivity index (χ1n) is 9.54. The summed E-state index contributed by atoms with van der Waals surface area (Å²) in [7, 11) is 0. The van der Waals surface area contributed by atoms with Gasteiger partial charge in [-0.15, -0.1) is 11.3 Å².